The van der Waals surface area contributed by atoms with E-state index in [1.165, 1.54) is 24.3 Å². The van der Waals surface area contributed by atoms with E-state index in [-0.39, 0.29) is 23.6 Å². The lowest BCUT2D eigenvalue weighted by atomic mass is 9.91. The number of hydrogen-bond acceptors (Lipinski definition) is 4. The number of nitrogens with one attached hydrogen (secondary N) is 1. The summed E-state index contributed by atoms with van der Waals surface area (Å²) in [6.45, 7) is 1.85. The van der Waals surface area contributed by atoms with Gasteiger partial charge in [-0.3, -0.25) is 19.7 Å². The highest BCUT2D eigenvalue weighted by Gasteiger charge is 2.24. The van der Waals surface area contributed by atoms with Gasteiger partial charge in [0.25, 0.3) is 11.6 Å². The second-order valence-corrected chi connectivity index (χ2v) is 5.68. The molecule has 0 spiro atoms. The first-order chi connectivity index (χ1) is 11.9. The minimum Gasteiger partial charge on any atom is -0.481 e. The molecule has 0 saturated heterocycles. The first-order valence-corrected chi connectivity index (χ1v) is 7.70. The molecule has 2 atom stereocenters. The van der Waals surface area contributed by atoms with Crippen LogP contribution >= 0.6 is 0 Å². The van der Waals surface area contributed by atoms with Crippen molar-refractivity contribution in [2.75, 3.05) is 0 Å². The average Bonchev–Trinajstić information content (AvgIpc) is 2.61. The Labute approximate surface area is 144 Å². The Bertz CT molecular complexity index is 759. The number of benzene rings is 2. The molecule has 2 rings (SSSR count). The van der Waals surface area contributed by atoms with E-state index in [2.05, 4.69) is 5.32 Å². The zero-order chi connectivity index (χ0) is 18.4. The van der Waals surface area contributed by atoms with Crippen LogP contribution < -0.4 is 5.32 Å². The number of carboxylic acids is 1. The van der Waals surface area contributed by atoms with Crippen molar-refractivity contribution in [2.24, 2.45) is 0 Å². The van der Waals surface area contributed by atoms with Gasteiger partial charge in [-0.05, 0) is 17.7 Å². The highest BCUT2D eigenvalue weighted by Crippen LogP contribution is 2.22. The van der Waals surface area contributed by atoms with Crippen molar-refractivity contribution in [2.45, 2.75) is 25.3 Å². The molecule has 0 radical (unpaired) electrons. The summed E-state index contributed by atoms with van der Waals surface area (Å²) in [5, 5.41) is 22.5. The van der Waals surface area contributed by atoms with Gasteiger partial charge in [0, 0.05) is 29.7 Å². The van der Waals surface area contributed by atoms with Crippen LogP contribution in [-0.4, -0.2) is 27.9 Å². The summed E-state index contributed by atoms with van der Waals surface area (Å²) in [7, 11) is 0. The second-order valence-electron chi connectivity index (χ2n) is 5.68. The highest BCUT2D eigenvalue weighted by molar-refractivity contribution is 5.94. The molecule has 2 aromatic carbocycles. The Morgan fingerprint density at radius 2 is 1.72 bits per heavy atom. The molecule has 0 heterocycles. The third-order valence-corrected chi connectivity index (χ3v) is 3.98. The lowest BCUT2D eigenvalue weighted by molar-refractivity contribution is -0.384. The minimum atomic E-state index is -1.02. The van der Waals surface area contributed by atoms with Crippen LogP contribution in [0.25, 0.3) is 0 Å². The topological polar surface area (TPSA) is 110 Å². The molecule has 0 aliphatic heterocycles. The maximum atomic E-state index is 12.4. The number of non-ortho nitro benzene ring substituents is 1. The number of carbonyl (C=O) groups is 2. The van der Waals surface area contributed by atoms with Gasteiger partial charge in [0.05, 0.1) is 11.3 Å². The van der Waals surface area contributed by atoms with Crippen LogP contribution in [0.3, 0.4) is 0 Å². The number of nitro groups is 1. The van der Waals surface area contributed by atoms with Crippen molar-refractivity contribution >= 4 is 17.6 Å². The molecule has 130 valence electrons. The van der Waals surface area contributed by atoms with E-state index in [1.54, 1.807) is 0 Å². The van der Waals surface area contributed by atoms with Gasteiger partial charge in [-0.2, -0.15) is 0 Å². The lowest BCUT2D eigenvalue weighted by Gasteiger charge is -2.24. The van der Waals surface area contributed by atoms with Crippen molar-refractivity contribution in [1.29, 1.82) is 0 Å². The van der Waals surface area contributed by atoms with Crippen molar-refractivity contribution in [1.82, 2.24) is 5.32 Å². The van der Waals surface area contributed by atoms with Crippen molar-refractivity contribution in [3.8, 4) is 0 Å². The number of rotatable bonds is 7. The van der Waals surface area contributed by atoms with Crippen LogP contribution in [-0.2, 0) is 4.79 Å². The van der Waals surface area contributed by atoms with E-state index in [0.717, 1.165) is 5.56 Å². The SMILES string of the molecule is CC(c1ccccc1)[C@@H](CC(=O)O)NC(=O)c1ccc([N+](=O)[O-])cc1. The first kappa shape index (κ1) is 18.1. The Balaban J connectivity index is 2.17. The lowest BCUT2D eigenvalue weighted by Crippen LogP contribution is -2.40. The van der Waals surface area contributed by atoms with Crippen molar-refractivity contribution in [3.63, 3.8) is 0 Å². The van der Waals surface area contributed by atoms with Crippen LogP contribution in [0.2, 0.25) is 0 Å². The molecule has 0 aliphatic carbocycles. The minimum absolute atomic E-state index is 0.115. The largest absolute Gasteiger partial charge is 0.481 e. The normalized spacial score (nSPS) is 12.8. The summed E-state index contributed by atoms with van der Waals surface area (Å²) < 4.78 is 0. The quantitative estimate of drug-likeness (QED) is 0.594. The molecule has 1 unspecified atom stereocenters. The molecule has 2 aromatic rings. The zero-order valence-electron chi connectivity index (χ0n) is 13.6. The van der Waals surface area contributed by atoms with Gasteiger partial charge in [-0.1, -0.05) is 37.3 Å². The predicted octanol–water partition coefficient (Wildman–Crippen LogP) is 2.97. The summed E-state index contributed by atoms with van der Waals surface area (Å²) in [4.78, 5) is 33.7. The van der Waals surface area contributed by atoms with Gasteiger partial charge >= 0.3 is 5.97 Å². The summed E-state index contributed by atoms with van der Waals surface area (Å²) in [5.41, 5.74) is 1.04. The number of carbonyl (C=O) groups excluding carboxylic acids is 1. The van der Waals surface area contributed by atoms with Gasteiger partial charge in [0.2, 0.25) is 0 Å². The van der Waals surface area contributed by atoms with Gasteiger partial charge in [0.1, 0.15) is 0 Å². The smallest absolute Gasteiger partial charge is 0.305 e. The summed E-state index contributed by atoms with van der Waals surface area (Å²) in [6, 6.07) is 13.9. The molecule has 2 N–H and O–H groups in total. The molecular formula is C18H18N2O5. The molecule has 0 saturated carbocycles. The van der Waals surface area contributed by atoms with Gasteiger partial charge < -0.3 is 10.4 Å². The number of nitrogens with zero attached hydrogens (tertiary/aromatic N) is 1. The Morgan fingerprint density at radius 1 is 1.12 bits per heavy atom. The van der Waals surface area contributed by atoms with Gasteiger partial charge in [0.15, 0.2) is 0 Å². The molecule has 1 amide bonds. The molecule has 0 aliphatic rings. The molecule has 25 heavy (non-hydrogen) atoms. The van der Waals surface area contributed by atoms with Gasteiger partial charge in [-0.25, -0.2) is 0 Å². The van der Waals surface area contributed by atoms with Crippen LogP contribution in [0.1, 0.15) is 35.2 Å². The number of carboxylic acid groups (broad SMARTS) is 1. The third kappa shape index (κ3) is 4.87. The highest BCUT2D eigenvalue weighted by atomic mass is 16.6. The number of hydrogen-bond donors (Lipinski definition) is 2. The Kier molecular flexibility index (Phi) is 5.84. The van der Waals surface area contributed by atoms with Crippen molar-refractivity contribution in [3.05, 3.63) is 75.8 Å². The second kappa shape index (κ2) is 8.05. The fourth-order valence-electron chi connectivity index (χ4n) is 2.52. The van der Waals surface area contributed by atoms with Crippen molar-refractivity contribution < 1.29 is 19.6 Å². The van der Waals surface area contributed by atoms with Crippen LogP contribution in [0, 0.1) is 10.1 Å². The van der Waals surface area contributed by atoms with Crippen LogP contribution in [0.4, 0.5) is 5.69 Å². The van der Waals surface area contributed by atoms with E-state index < -0.39 is 22.8 Å². The monoisotopic (exact) mass is 342 g/mol. The fraction of sp³-hybridized carbons (Fsp3) is 0.222. The van der Waals surface area contributed by atoms with E-state index >= 15 is 0 Å². The fourth-order valence-corrected chi connectivity index (χ4v) is 2.52. The molecule has 0 bridgehead atoms. The summed E-state index contributed by atoms with van der Waals surface area (Å²) in [5.74, 6) is -1.69. The average molecular weight is 342 g/mol. The van der Waals surface area contributed by atoms with Crippen LogP contribution in [0.5, 0.6) is 0 Å². The third-order valence-electron chi connectivity index (χ3n) is 3.98. The molecule has 0 aromatic heterocycles. The number of nitro benzene ring substituents is 1. The van der Waals surface area contributed by atoms with E-state index in [1.807, 2.05) is 37.3 Å². The molecule has 7 nitrogen and oxygen atoms in total. The Morgan fingerprint density at radius 3 is 2.24 bits per heavy atom. The zero-order valence-corrected chi connectivity index (χ0v) is 13.6. The van der Waals surface area contributed by atoms with E-state index in [9.17, 15) is 19.7 Å². The maximum absolute atomic E-state index is 12.4. The maximum Gasteiger partial charge on any atom is 0.305 e. The van der Waals surface area contributed by atoms with E-state index in [4.69, 9.17) is 5.11 Å². The standard InChI is InChI=1S/C18H18N2O5/c1-12(13-5-3-2-4-6-13)16(11-17(21)22)19-18(23)14-7-9-15(10-8-14)20(24)25/h2-10,12,16H,11H2,1H3,(H,19,23)(H,21,22)/t12?,16-/m1/s1. The summed E-state index contributed by atoms with van der Waals surface area (Å²) in [6.07, 6.45) is -0.227. The Hall–Kier alpha value is -3.22. The first-order valence-electron chi connectivity index (χ1n) is 7.70. The number of aliphatic carboxylic acids is 1. The predicted molar refractivity (Wildman–Crippen MR) is 91.5 cm³/mol. The molecule has 0 fully saturated rings. The molecule has 7 heteroatoms. The number of amides is 1. The van der Waals surface area contributed by atoms with Gasteiger partial charge in [-0.15, -0.1) is 0 Å². The summed E-state index contributed by atoms with van der Waals surface area (Å²) >= 11 is 0. The molecular weight excluding hydrogens is 324 g/mol. The van der Waals surface area contributed by atoms with Crippen LogP contribution in [0.15, 0.2) is 54.6 Å². The van der Waals surface area contributed by atoms with E-state index in [0.29, 0.717) is 0 Å².